The highest BCUT2D eigenvalue weighted by molar-refractivity contribution is 5.96. The lowest BCUT2D eigenvalue weighted by molar-refractivity contribution is -0.115. The fraction of sp³-hybridized carbons (Fsp3) is 0.0909. The van der Waals surface area contributed by atoms with Crippen molar-refractivity contribution < 1.29 is 9.59 Å². The van der Waals surface area contributed by atoms with Crippen LogP contribution in [0.15, 0.2) is 78.9 Å². The van der Waals surface area contributed by atoms with Crippen LogP contribution >= 0.6 is 0 Å². The molecule has 0 heterocycles. The lowest BCUT2D eigenvalue weighted by Gasteiger charge is -2.08. The van der Waals surface area contributed by atoms with Crippen LogP contribution in [0, 0.1) is 0 Å². The number of carbonyl (C=O) groups is 2. The Hall–Kier alpha value is -3.60. The first-order valence-electron chi connectivity index (χ1n) is 8.66. The minimum absolute atomic E-state index is 0.124. The van der Waals surface area contributed by atoms with Gasteiger partial charge in [0.05, 0.1) is 6.42 Å². The van der Waals surface area contributed by atoms with Gasteiger partial charge in [0.25, 0.3) is 5.91 Å². The summed E-state index contributed by atoms with van der Waals surface area (Å²) < 4.78 is 0. The molecule has 0 radical (unpaired) electrons. The fourth-order valence-electron chi connectivity index (χ4n) is 2.61. The number of hydrogen-bond acceptors (Lipinski definition) is 3. The van der Waals surface area contributed by atoms with E-state index in [-0.39, 0.29) is 18.2 Å². The van der Waals surface area contributed by atoms with Crippen molar-refractivity contribution in [3.63, 3.8) is 0 Å². The van der Waals surface area contributed by atoms with Crippen LogP contribution in [0.2, 0.25) is 0 Å². The lowest BCUT2D eigenvalue weighted by atomic mass is 10.1. The van der Waals surface area contributed by atoms with Gasteiger partial charge in [-0.15, -0.1) is 0 Å². The van der Waals surface area contributed by atoms with Crippen molar-refractivity contribution in [3.8, 4) is 0 Å². The summed E-state index contributed by atoms with van der Waals surface area (Å²) >= 11 is 0. The number of rotatable bonds is 6. The molecular weight excluding hydrogens is 338 g/mol. The van der Waals surface area contributed by atoms with Gasteiger partial charge in [0.2, 0.25) is 5.91 Å². The van der Waals surface area contributed by atoms with Gasteiger partial charge in [0.1, 0.15) is 0 Å². The van der Waals surface area contributed by atoms with Gasteiger partial charge in [-0.1, -0.05) is 42.5 Å². The van der Waals surface area contributed by atoms with E-state index in [0.29, 0.717) is 23.5 Å². The maximum Gasteiger partial charge on any atom is 0.251 e. The number of carbonyl (C=O) groups excluding carboxylic acids is 2. The van der Waals surface area contributed by atoms with Gasteiger partial charge < -0.3 is 16.4 Å². The first kappa shape index (κ1) is 18.2. The van der Waals surface area contributed by atoms with E-state index in [0.717, 1.165) is 11.1 Å². The molecule has 27 heavy (non-hydrogen) atoms. The molecule has 4 N–H and O–H groups in total. The van der Waals surface area contributed by atoms with Crippen LogP contribution in [0.4, 0.5) is 11.4 Å². The minimum atomic E-state index is -0.154. The van der Waals surface area contributed by atoms with E-state index in [2.05, 4.69) is 10.6 Å². The third kappa shape index (κ3) is 5.44. The second-order valence-electron chi connectivity index (χ2n) is 6.21. The van der Waals surface area contributed by atoms with Crippen molar-refractivity contribution in [2.45, 2.75) is 13.0 Å². The molecule has 136 valence electrons. The standard InChI is InChI=1S/C22H21N3O2/c23-19-10-6-16(7-11-19)14-21(26)25-20-12-8-18(9-13-20)22(27)24-15-17-4-2-1-3-5-17/h1-13H,14-15,23H2,(H,24,27)(H,25,26). The molecule has 0 saturated heterocycles. The van der Waals surface area contributed by atoms with Crippen molar-refractivity contribution in [1.29, 1.82) is 0 Å². The number of anilines is 2. The SMILES string of the molecule is Nc1ccc(CC(=O)Nc2ccc(C(=O)NCc3ccccc3)cc2)cc1. The fourth-order valence-corrected chi connectivity index (χ4v) is 2.61. The van der Waals surface area contributed by atoms with Crippen molar-refractivity contribution in [3.05, 3.63) is 95.6 Å². The number of amides is 2. The Balaban J connectivity index is 1.52. The van der Waals surface area contributed by atoms with Crippen molar-refractivity contribution >= 4 is 23.2 Å². The van der Waals surface area contributed by atoms with Crippen LogP contribution in [0.1, 0.15) is 21.5 Å². The monoisotopic (exact) mass is 359 g/mol. The summed E-state index contributed by atoms with van der Waals surface area (Å²) in [7, 11) is 0. The van der Waals surface area contributed by atoms with Crippen molar-refractivity contribution in [2.24, 2.45) is 0 Å². The number of benzene rings is 3. The first-order chi connectivity index (χ1) is 13.1. The normalized spacial score (nSPS) is 10.2. The Morgan fingerprint density at radius 2 is 1.44 bits per heavy atom. The molecule has 3 aromatic rings. The Labute approximate surface area is 158 Å². The van der Waals surface area contributed by atoms with Gasteiger partial charge in [-0.2, -0.15) is 0 Å². The maximum absolute atomic E-state index is 12.2. The predicted molar refractivity (Wildman–Crippen MR) is 107 cm³/mol. The minimum Gasteiger partial charge on any atom is -0.399 e. The largest absolute Gasteiger partial charge is 0.399 e. The quantitative estimate of drug-likeness (QED) is 0.590. The van der Waals surface area contributed by atoms with Gasteiger partial charge in [0.15, 0.2) is 0 Å². The van der Waals surface area contributed by atoms with E-state index in [1.54, 1.807) is 36.4 Å². The molecule has 0 saturated carbocycles. The van der Waals surface area contributed by atoms with E-state index in [1.807, 2.05) is 42.5 Å². The molecule has 3 rings (SSSR count). The van der Waals surface area contributed by atoms with Crippen LogP contribution in [-0.4, -0.2) is 11.8 Å². The van der Waals surface area contributed by atoms with Gasteiger partial charge in [-0.3, -0.25) is 9.59 Å². The zero-order valence-corrected chi connectivity index (χ0v) is 14.8. The van der Waals surface area contributed by atoms with Crippen LogP contribution in [0.5, 0.6) is 0 Å². The van der Waals surface area contributed by atoms with E-state index in [4.69, 9.17) is 5.73 Å². The second kappa shape index (κ2) is 8.67. The van der Waals surface area contributed by atoms with Crippen LogP contribution < -0.4 is 16.4 Å². The molecule has 5 heteroatoms. The highest BCUT2D eigenvalue weighted by atomic mass is 16.2. The van der Waals surface area contributed by atoms with Gasteiger partial charge >= 0.3 is 0 Å². The third-order valence-electron chi connectivity index (χ3n) is 4.07. The van der Waals surface area contributed by atoms with Crippen LogP contribution in [0.3, 0.4) is 0 Å². The number of nitrogen functional groups attached to an aromatic ring is 1. The molecule has 0 aliphatic rings. The summed E-state index contributed by atoms with van der Waals surface area (Å²) in [5, 5.41) is 5.70. The summed E-state index contributed by atoms with van der Waals surface area (Å²) in [5.41, 5.74) is 9.43. The average Bonchev–Trinajstić information content (AvgIpc) is 2.69. The summed E-state index contributed by atoms with van der Waals surface area (Å²) in [6, 6.07) is 23.7. The lowest BCUT2D eigenvalue weighted by Crippen LogP contribution is -2.22. The topological polar surface area (TPSA) is 84.2 Å². The molecule has 0 spiro atoms. The predicted octanol–water partition coefficient (Wildman–Crippen LogP) is 3.38. The third-order valence-corrected chi connectivity index (χ3v) is 4.07. The molecule has 3 aromatic carbocycles. The van der Waals surface area contributed by atoms with E-state index in [9.17, 15) is 9.59 Å². The molecule has 0 aliphatic carbocycles. The Morgan fingerprint density at radius 1 is 0.778 bits per heavy atom. The molecule has 0 bridgehead atoms. The summed E-state index contributed by atoms with van der Waals surface area (Å²) in [4.78, 5) is 24.3. The van der Waals surface area contributed by atoms with E-state index >= 15 is 0 Å². The van der Waals surface area contributed by atoms with Crippen molar-refractivity contribution in [2.75, 3.05) is 11.1 Å². The number of nitrogens with two attached hydrogens (primary N) is 1. The molecule has 0 fully saturated rings. The smallest absolute Gasteiger partial charge is 0.251 e. The molecule has 5 nitrogen and oxygen atoms in total. The zero-order valence-electron chi connectivity index (χ0n) is 14.8. The molecular formula is C22H21N3O2. The summed E-state index contributed by atoms with van der Waals surface area (Å²) in [5.74, 6) is -0.278. The first-order valence-corrected chi connectivity index (χ1v) is 8.66. The van der Waals surface area contributed by atoms with Crippen LogP contribution in [0.25, 0.3) is 0 Å². The molecule has 2 amide bonds. The Bertz CT molecular complexity index is 905. The van der Waals surface area contributed by atoms with Crippen molar-refractivity contribution in [1.82, 2.24) is 5.32 Å². The maximum atomic E-state index is 12.2. The average molecular weight is 359 g/mol. The molecule has 0 aliphatic heterocycles. The van der Waals surface area contributed by atoms with Gasteiger partial charge in [0, 0.05) is 23.5 Å². The highest BCUT2D eigenvalue weighted by Gasteiger charge is 2.07. The zero-order chi connectivity index (χ0) is 19.1. The highest BCUT2D eigenvalue weighted by Crippen LogP contribution is 2.12. The number of nitrogens with one attached hydrogen (secondary N) is 2. The number of hydrogen-bond donors (Lipinski definition) is 3. The Kier molecular flexibility index (Phi) is 5.84. The molecule has 0 aromatic heterocycles. The van der Waals surface area contributed by atoms with E-state index in [1.165, 1.54) is 0 Å². The molecule has 0 atom stereocenters. The van der Waals surface area contributed by atoms with Gasteiger partial charge in [-0.25, -0.2) is 0 Å². The second-order valence-corrected chi connectivity index (χ2v) is 6.21. The molecule has 0 unspecified atom stereocenters. The Morgan fingerprint density at radius 3 is 2.11 bits per heavy atom. The summed E-state index contributed by atoms with van der Waals surface area (Å²) in [6.07, 6.45) is 0.263. The summed E-state index contributed by atoms with van der Waals surface area (Å²) in [6.45, 7) is 0.472. The van der Waals surface area contributed by atoms with Gasteiger partial charge in [-0.05, 0) is 47.5 Å². The van der Waals surface area contributed by atoms with Crippen LogP contribution in [-0.2, 0) is 17.8 Å². The van der Waals surface area contributed by atoms with E-state index < -0.39 is 0 Å².